The topological polar surface area (TPSA) is 88.3 Å². The normalized spacial score (nSPS) is 20.3. The summed E-state index contributed by atoms with van der Waals surface area (Å²) >= 11 is 0. The largest absolute Gasteiger partial charge is 0.308 e. The summed E-state index contributed by atoms with van der Waals surface area (Å²) in [5, 5.41) is 0. The lowest BCUT2D eigenvalue weighted by molar-refractivity contribution is 0.287. The van der Waals surface area contributed by atoms with Crippen LogP contribution in [0.15, 0.2) is 18.3 Å². The molecule has 1 aliphatic heterocycles. The molecule has 18 heavy (non-hydrogen) atoms. The van der Waals surface area contributed by atoms with Crippen LogP contribution in [0.25, 0.3) is 0 Å². The maximum atomic E-state index is 11.5. The molecule has 0 aromatic carbocycles. The van der Waals surface area contributed by atoms with Gasteiger partial charge in [0.25, 0.3) is 0 Å². The lowest BCUT2D eigenvalue weighted by atomic mass is 10.2. The smallest absolute Gasteiger partial charge is 0.151 e. The molecule has 6 nitrogen and oxygen atoms in total. The van der Waals surface area contributed by atoms with Gasteiger partial charge in [-0.3, -0.25) is 4.90 Å². The van der Waals surface area contributed by atoms with E-state index in [1.165, 1.54) is 0 Å². The second-order valence-corrected chi connectivity index (χ2v) is 6.78. The fourth-order valence-corrected chi connectivity index (χ4v) is 3.32. The Hall–Kier alpha value is -1.18. The molecular weight excluding hydrogens is 252 g/mol. The van der Waals surface area contributed by atoms with Crippen molar-refractivity contribution in [1.29, 1.82) is 0 Å². The van der Waals surface area contributed by atoms with Crippen molar-refractivity contribution in [3.05, 3.63) is 23.9 Å². The number of pyridine rings is 1. The van der Waals surface area contributed by atoms with Crippen molar-refractivity contribution < 1.29 is 8.42 Å². The SMILES string of the molecule is NNc1ccc(CN2CCCS(=O)(=O)CC2)cn1. The maximum absolute atomic E-state index is 11.5. The van der Waals surface area contributed by atoms with Crippen molar-refractivity contribution >= 4 is 15.7 Å². The molecule has 0 radical (unpaired) electrons. The van der Waals surface area contributed by atoms with Crippen molar-refractivity contribution in [2.24, 2.45) is 5.84 Å². The molecule has 7 heteroatoms. The van der Waals surface area contributed by atoms with Gasteiger partial charge < -0.3 is 5.43 Å². The molecule has 1 aliphatic rings. The average Bonchev–Trinajstić information content (AvgIpc) is 2.52. The number of nitrogen functional groups attached to an aromatic ring is 1. The Balaban J connectivity index is 1.96. The van der Waals surface area contributed by atoms with Gasteiger partial charge in [0.05, 0.1) is 11.5 Å². The summed E-state index contributed by atoms with van der Waals surface area (Å²) in [6.45, 7) is 2.14. The summed E-state index contributed by atoms with van der Waals surface area (Å²) in [6, 6.07) is 3.76. The van der Waals surface area contributed by atoms with Gasteiger partial charge in [0.1, 0.15) is 5.82 Å². The summed E-state index contributed by atoms with van der Waals surface area (Å²) in [5.74, 6) is 6.42. The molecule has 0 aliphatic carbocycles. The highest BCUT2D eigenvalue weighted by Crippen LogP contribution is 2.10. The Morgan fingerprint density at radius 1 is 1.33 bits per heavy atom. The summed E-state index contributed by atoms with van der Waals surface area (Å²) in [7, 11) is -2.84. The third-order valence-corrected chi connectivity index (χ3v) is 4.74. The first kappa shape index (κ1) is 13.3. The van der Waals surface area contributed by atoms with E-state index in [4.69, 9.17) is 5.84 Å². The Morgan fingerprint density at radius 3 is 2.83 bits per heavy atom. The van der Waals surface area contributed by atoms with Crippen molar-refractivity contribution in [3.8, 4) is 0 Å². The summed E-state index contributed by atoms with van der Waals surface area (Å²) in [6.07, 6.45) is 2.47. The van der Waals surface area contributed by atoms with E-state index >= 15 is 0 Å². The fraction of sp³-hybridized carbons (Fsp3) is 0.545. The van der Waals surface area contributed by atoms with E-state index in [-0.39, 0.29) is 5.75 Å². The minimum atomic E-state index is -2.84. The minimum absolute atomic E-state index is 0.253. The van der Waals surface area contributed by atoms with E-state index in [0.29, 0.717) is 24.5 Å². The molecule has 0 spiro atoms. The highest BCUT2D eigenvalue weighted by molar-refractivity contribution is 7.91. The van der Waals surface area contributed by atoms with Gasteiger partial charge in [-0.15, -0.1) is 0 Å². The zero-order chi connectivity index (χ0) is 13.0. The summed E-state index contributed by atoms with van der Waals surface area (Å²) < 4.78 is 23.0. The van der Waals surface area contributed by atoms with Crippen molar-refractivity contribution in [2.45, 2.75) is 13.0 Å². The Bertz CT molecular complexity index is 486. The van der Waals surface area contributed by atoms with Crippen LogP contribution in [0.2, 0.25) is 0 Å². The van der Waals surface area contributed by atoms with E-state index in [9.17, 15) is 8.42 Å². The van der Waals surface area contributed by atoms with Crippen LogP contribution in [0.4, 0.5) is 5.82 Å². The van der Waals surface area contributed by atoms with E-state index in [0.717, 1.165) is 18.7 Å². The molecule has 1 aromatic rings. The second-order valence-electron chi connectivity index (χ2n) is 4.48. The lowest BCUT2D eigenvalue weighted by Gasteiger charge is -2.18. The first-order valence-corrected chi connectivity index (χ1v) is 7.75. The first-order chi connectivity index (χ1) is 8.59. The van der Waals surface area contributed by atoms with E-state index < -0.39 is 9.84 Å². The zero-order valence-corrected chi connectivity index (χ0v) is 11.0. The van der Waals surface area contributed by atoms with Gasteiger partial charge in [-0.1, -0.05) is 6.07 Å². The Kier molecular flexibility index (Phi) is 4.15. The molecule has 0 amide bonds. The van der Waals surface area contributed by atoms with Gasteiger partial charge in [-0.25, -0.2) is 19.2 Å². The van der Waals surface area contributed by atoms with Crippen LogP contribution in [0.3, 0.4) is 0 Å². The number of sulfone groups is 1. The zero-order valence-electron chi connectivity index (χ0n) is 10.2. The highest BCUT2D eigenvalue weighted by atomic mass is 32.2. The van der Waals surface area contributed by atoms with Crippen molar-refractivity contribution in [2.75, 3.05) is 30.0 Å². The maximum Gasteiger partial charge on any atom is 0.151 e. The van der Waals surface area contributed by atoms with Crippen LogP contribution in [0.5, 0.6) is 0 Å². The molecule has 1 fully saturated rings. The molecule has 100 valence electrons. The van der Waals surface area contributed by atoms with Crippen LogP contribution >= 0.6 is 0 Å². The number of rotatable bonds is 3. The number of nitrogens with one attached hydrogen (secondary N) is 1. The summed E-state index contributed by atoms with van der Waals surface area (Å²) in [4.78, 5) is 6.28. The van der Waals surface area contributed by atoms with Crippen LogP contribution in [0.1, 0.15) is 12.0 Å². The molecule has 2 heterocycles. The van der Waals surface area contributed by atoms with Crippen molar-refractivity contribution in [1.82, 2.24) is 9.88 Å². The van der Waals surface area contributed by atoms with Gasteiger partial charge in [0.15, 0.2) is 9.84 Å². The summed E-state index contributed by atoms with van der Waals surface area (Å²) in [5.41, 5.74) is 3.54. The Morgan fingerprint density at radius 2 is 2.17 bits per heavy atom. The average molecular weight is 270 g/mol. The van der Waals surface area contributed by atoms with E-state index in [1.54, 1.807) is 6.20 Å². The third kappa shape index (κ3) is 3.66. The van der Waals surface area contributed by atoms with Gasteiger partial charge in [0.2, 0.25) is 0 Å². The van der Waals surface area contributed by atoms with Gasteiger partial charge in [-0.05, 0) is 24.6 Å². The molecule has 3 N–H and O–H groups in total. The molecular formula is C11H18N4O2S. The number of nitrogens with two attached hydrogens (primary N) is 1. The quantitative estimate of drug-likeness (QED) is 0.593. The van der Waals surface area contributed by atoms with Gasteiger partial charge in [0, 0.05) is 19.3 Å². The third-order valence-electron chi connectivity index (χ3n) is 3.03. The predicted octanol–water partition coefficient (Wildman–Crippen LogP) is -0.0123. The van der Waals surface area contributed by atoms with Gasteiger partial charge in [-0.2, -0.15) is 0 Å². The molecule has 2 rings (SSSR count). The molecule has 0 atom stereocenters. The number of anilines is 1. The molecule has 0 saturated carbocycles. The predicted molar refractivity (Wildman–Crippen MR) is 70.6 cm³/mol. The van der Waals surface area contributed by atoms with Crippen LogP contribution in [0, 0.1) is 0 Å². The molecule has 1 aromatic heterocycles. The van der Waals surface area contributed by atoms with Crippen LogP contribution in [-0.2, 0) is 16.4 Å². The highest BCUT2D eigenvalue weighted by Gasteiger charge is 2.18. The van der Waals surface area contributed by atoms with E-state index in [1.807, 2.05) is 12.1 Å². The van der Waals surface area contributed by atoms with E-state index in [2.05, 4.69) is 15.3 Å². The number of hydrazine groups is 1. The number of hydrogen-bond donors (Lipinski definition) is 2. The molecule has 0 unspecified atom stereocenters. The Labute approximate surface area is 107 Å². The molecule has 1 saturated heterocycles. The van der Waals surface area contributed by atoms with Crippen molar-refractivity contribution in [3.63, 3.8) is 0 Å². The second kappa shape index (κ2) is 5.64. The lowest BCUT2D eigenvalue weighted by Crippen LogP contribution is -2.26. The first-order valence-electron chi connectivity index (χ1n) is 5.93. The standard InChI is InChI=1S/C11H18N4O2S/c12-14-11-3-2-10(8-13-11)9-15-4-1-6-18(16,17)7-5-15/h2-3,8H,1,4-7,9,12H2,(H,13,14). The number of aromatic nitrogens is 1. The fourth-order valence-electron chi connectivity index (χ4n) is 2.01. The van der Waals surface area contributed by atoms with Gasteiger partial charge >= 0.3 is 0 Å². The minimum Gasteiger partial charge on any atom is -0.308 e. The van der Waals surface area contributed by atoms with Crippen LogP contribution < -0.4 is 11.3 Å². The number of nitrogens with zero attached hydrogens (tertiary/aromatic N) is 2. The monoisotopic (exact) mass is 270 g/mol. The number of hydrogen-bond acceptors (Lipinski definition) is 6. The van der Waals surface area contributed by atoms with Crippen LogP contribution in [-0.4, -0.2) is 42.9 Å². The molecule has 0 bridgehead atoms.